The second-order valence-corrected chi connectivity index (χ2v) is 7.23. The van der Waals surface area contributed by atoms with Crippen LogP contribution in [-0.2, 0) is 6.54 Å². The van der Waals surface area contributed by atoms with Gasteiger partial charge >= 0.3 is 6.03 Å². The molecule has 3 N–H and O–H groups in total. The lowest BCUT2D eigenvalue weighted by Crippen LogP contribution is -2.28. The van der Waals surface area contributed by atoms with E-state index in [0.29, 0.717) is 15.2 Å². The fourth-order valence-corrected chi connectivity index (χ4v) is 3.04. The van der Waals surface area contributed by atoms with E-state index >= 15 is 0 Å². The monoisotopic (exact) mass is 449 g/mol. The van der Waals surface area contributed by atoms with E-state index in [1.807, 2.05) is 6.07 Å². The van der Waals surface area contributed by atoms with Crippen LogP contribution >= 0.6 is 27.3 Å². The first-order valence-corrected chi connectivity index (χ1v) is 9.31. The zero-order chi connectivity index (χ0) is 19.2. The SMILES string of the molecule is O=C(NCc1nnc(C(=O)Nc2ccccc2)s1)Nc1ccc(Br)cc1F. The van der Waals surface area contributed by atoms with Crippen LogP contribution in [0.3, 0.4) is 0 Å². The van der Waals surface area contributed by atoms with Crippen molar-refractivity contribution in [2.75, 3.05) is 10.6 Å². The summed E-state index contributed by atoms with van der Waals surface area (Å²) in [6.45, 7) is 0.0558. The van der Waals surface area contributed by atoms with Crippen molar-refractivity contribution in [3.63, 3.8) is 0 Å². The van der Waals surface area contributed by atoms with E-state index in [1.165, 1.54) is 12.1 Å². The molecular formula is C17H13BrFN5O2S. The van der Waals surface area contributed by atoms with Crippen molar-refractivity contribution in [2.45, 2.75) is 6.54 Å². The molecule has 3 aromatic rings. The van der Waals surface area contributed by atoms with Gasteiger partial charge in [0.05, 0.1) is 12.2 Å². The predicted molar refractivity (Wildman–Crippen MR) is 104 cm³/mol. The van der Waals surface area contributed by atoms with Gasteiger partial charge in [-0.25, -0.2) is 9.18 Å². The summed E-state index contributed by atoms with van der Waals surface area (Å²) in [6.07, 6.45) is 0. The summed E-state index contributed by atoms with van der Waals surface area (Å²) in [5, 5.41) is 16.0. The Labute approximate surface area is 166 Å². The molecule has 27 heavy (non-hydrogen) atoms. The Morgan fingerprint density at radius 2 is 1.85 bits per heavy atom. The molecule has 0 spiro atoms. The molecule has 0 saturated carbocycles. The van der Waals surface area contributed by atoms with Crippen LogP contribution in [0.5, 0.6) is 0 Å². The number of benzene rings is 2. The maximum atomic E-state index is 13.7. The second kappa shape index (κ2) is 8.69. The van der Waals surface area contributed by atoms with Crippen LogP contribution in [0.15, 0.2) is 53.0 Å². The largest absolute Gasteiger partial charge is 0.331 e. The van der Waals surface area contributed by atoms with Gasteiger partial charge in [-0.3, -0.25) is 4.79 Å². The van der Waals surface area contributed by atoms with E-state index in [1.54, 1.807) is 30.3 Å². The van der Waals surface area contributed by atoms with Crippen LogP contribution in [0.1, 0.15) is 14.8 Å². The molecule has 138 valence electrons. The summed E-state index contributed by atoms with van der Waals surface area (Å²) in [7, 11) is 0. The fraction of sp³-hybridized carbons (Fsp3) is 0.0588. The Morgan fingerprint density at radius 3 is 2.59 bits per heavy atom. The standard InChI is InChI=1S/C17H13BrFN5O2S/c18-10-6-7-13(12(19)8-10)22-17(26)20-9-14-23-24-16(27-14)15(25)21-11-4-2-1-3-5-11/h1-8H,9H2,(H,21,25)(H2,20,22,26). The van der Waals surface area contributed by atoms with Crippen LogP contribution in [0.25, 0.3) is 0 Å². The van der Waals surface area contributed by atoms with Gasteiger partial charge in [-0.2, -0.15) is 0 Å². The summed E-state index contributed by atoms with van der Waals surface area (Å²) in [5.74, 6) is -0.943. The van der Waals surface area contributed by atoms with Crippen LogP contribution in [0.2, 0.25) is 0 Å². The number of carbonyl (C=O) groups excluding carboxylic acids is 2. The molecule has 10 heteroatoms. The Bertz CT molecular complexity index is 967. The molecule has 7 nitrogen and oxygen atoms in total. The van der Waals surface area contributed by atoms with E-state index in [2.05, 4.69) is 42.1 Å². The molecule has 1 aromatic heterocycles. The normalized spacial score (nSPS) is 10.3. The van der Waals surface area contributed by atoms with Crippen molar-refractivity contribution in [3.05, 3.63) is 68.8 Å². The van der Waals surface area contributed by atoms with Gasteiger partial charge < -0.3 is 16.0 Å². The first kappa shape index (κ1) is 18.9. The predicted octanol–water partition coefficient (Wildman–Crippen LogP) is 4.01. The summed E-state index contributed by atoms with van der Waals surface area (Å²) >= 11 is 4.20. The summed E-state index contributed by atoms with van der Waals surface area (Å²) < 4.78 is 14.3. The highest BCUT2D eigenvalue weighted by Crippen LogP contribution is 2.19. The number of amides is 3. The number of carbonyl (C=O) groups is 2. The van der Waals surface area contributed by atoms with Gasteiger partial charge in [0, 0.05) is 10.2 Å². The average molecular weight is 450 g/mol. The molecule has 0 unspecified atom stereocenters. The Morgan fingerprint density at radius 1 is 1.07 bits per heavy atom. The highest BCUT2D eigenvalue weighted by Gasteiger charge is 2.14. The van der Waals surface area contributed by atoms with Crippen molar-refractivity contribution >= 4 is 50.6 Å². The molecule has 0 bridgehead atoms. The molecule has 0 fully saturated rings. The number of hydrogen-bond acceptors (Lipinski definition) is 5. The topological polar surface area (TPSA) is 96.0 Å². The minimum atomic E-state index is -0.596. The van der Waals surface area contributed by atoms with Gasteiger partial charge in [-0.05, 0) is 30.3 Å². The summed E-state index contributed by atoms with van der Waals surface area (Å²) in [6, 6.07) is 12.7. The van der Waals surface area contributed by atoms with E-state index < -0.39 is 11.8 Å². The van der Waals surface area contributed by atoms with E-state index in [0.717, 1.165) is 11.3 Å². The fourth-order valence-electron chi connectivity index (χ4n) is 2.04. The molecule has 0 saturated heterocycles. The van der Waals surface area contributed by atoms with Gasteiger partial charge in [0.25, 0.3) is 5.91 Å². The number of nitrogens with one attached hydrogen (secondary N) is 3. The molecule has 0 atom stereocenters. The van der Waals surface area contributed by atoms with Crippen LogP contribution in [0.4, 0.5) is 20.6 Å². The molecule has 3 rings (SSSR count). The molecule has 1 heterocycles. The minimum absolute atomic E-state index is 0.0518. The van der Waals surface area contributed by atoms with Gasteiger partial charge in [0.1, 0.15) is 10.8 Å². The number of aromatic nitrogens is 2. The lowest BCUT2D eigenvalue weighted by atomic mass is 10.3. The Balaban J connectivity index is 1.53. The van der Waals surface area contributed by atoms with Crippen molar-refractivity contribution in [3.8, 4) is 0 Å². The van der Waals surface area contributed by atoms with Gasteiger partial charge in [0.15, 0.2) is 0 Å². The number of hydrogen-bond donors (Lipinski definition) is 3. The molecule has 3 amide bonds. The van der Waals surface area contributed by atoms with E-state index in [4.69, 9.17) is 0 Å². The lowest BCUT2D eigenvalue weighted by Gasteiger charge is -2.07. The Kier molecular flexibility index (Phi) is 6.09. The summed E-state index contributed by atoms with van der Waals surface area (Å²) in [4.78, 5) is 24.0. The van der Waals surface area contributed by atoms with E-state index in [9.17, 15) is 14.0 Å². The molecule has 0 aliphatic rings. The quantitative estimate of drug-likeness (QED) is 0.547. The average Bonchev–Trinajstić information content (AvgIpc) is 3.12. The molecule has 2 aromatic carbocycles. The number of rotatable bonds is 5. The van der Waals surface area contributed by atoms with Crippen molar-refractivity contribution in [1.29, 1.82) is 0 Å². The second-order valence-electron chi connectivity index (χ2n) is 5.25. The van der Waals surface area contributed by atoms with Crippen molar-refractivity contribution < 1.29 is 14.0 Å². The third-order valence-electron chi connectivity index (χ3n) is 3.27. The first-order valence-electron chi connectivity index (χ1n) is 7.70. The van der Waals surface area contributed by atoms with Gasteiger partial charge in [0.2, 0.25) is 5.01 Å². The third-order valence-corrected chi connectivity index (χ3v) is 4.69. The van der Waals surface area contributed by atoms with Crippen LogP contribution in [-0.4, -0.2) is 22.1 Å². The van der Waals surface area contributed by atoms with E-state index in [-0.39, 0.29) is 23.1 Å². The minimum Gasteiger partial charge on any atom is -0.331 e. The molecular weight excluding hydrogens is 437 g/mol. The number of para-hydroxylation sites is 1. The van der Waals surface area contributed by atoms with Crippen molar-refractivity contribution in [2.24, 2.45) is 0 Å². The van der Waals surface area contributed by atoms with Crippen molar-refractivity contribution in [1.82, 2.24) is 15.5 Å². The smallest absolute Gasteiger partial charge is 0.319 e. The number of anilines is 2. The number of nitrogens with zero attached hydrogens (tertiary/aromatic N) is 2. The maximum Gasteiger partial charge on any atom is 0.319 e. The zero-order valence-corrected chi connectivity index (χ0v) is 16.1. The van der Waals surface area contributed by atoms with Gasteiger partial charge in [-0.15, -0.1) is 10.2 Å². The van der Waals surface area contributed by atoms with Crippen LogP contribution in [0, 0.1) is 5.82 Å². The maximum absolute atomic E-state index is 13.7. The highest BCUT2D eigenvalue weighted by atomic mass is 79.9. The first-order chi connectivity index (χ1) is 13.0. The molecule has 0 radical (unpaired) electrons. The molecule has 0 aliphatic carbocycles. The van der Waals surface area contributed by atoms with Gasteiger partial charge in [-0.1, -0.05) is 45.5 Å². The molecule has 0 aliphatic heterocycles. The highest BCUT2D eigenvalue weighted by molar-refractivity contribution is 9.10. The van der Waals surface area contributed by atoms with Crippen LogP contribution < -0.4 is 16.0 Å². The summed E-state index contributed by atoms with van der Waals surface area (Å²) in [5.41, 5.74) is 0.698. The lowest BCUT2D eigenvalue weighted by molar-refractivity contribution is 0.102. The number of urea groups is 1. The zero-order valence-electron chi connectivity index (χ0n) is 13.7. The Hall–Kier alpha value is -2.85. The number of halogens is 2. The third kappa shape index (κ3) is 5.31.